The van der Waals surface area contributed by atoms with E-state index < -0.39 is 24.1 Å². The van der Waals surface area contributed by atoms with Gasteiger partial charge in [0.1, 0.15) is 12.1 Å². The summed E-state index contributed by atoms with van der Waals surface area (Å²) in [6.45, 7) is 0.175. The Labute approximate surface area is 153 Å². The number of hydrogen-bond acceptors (Lipinski definition) is 5. The molecule has 2 aromatic carbocycles. The first-order valence-electron chi connectivity index (χ1n) is 8.74. The molecule has 0 aliphatic carbocycles. The lowest BCUT2D eigenvalue weighted by Gasteiger charge is -2.34. The molecule has 6 rings (SSSR count). The van der Waals surface area contributed by atoms with Gasteiger partial charge in [0.2, 0.25) is 6.79 Å². The molecule has 27 heavy (non-hydrogen) atoms. The average molecular weight is 362 g/mol. The van der Waals surface area contributed by atoms with Gasteiger partial charge in [-0.2, -0.15) is 0 Å². The summed E-state index contributed by atoms with van der Waals surface area (Å²) in [5, 5.41) is 1.06. The van der Waals surface area contributed by atoms with E-state index in [1.807, 2.05) is 42.5 Å². The van der Waals surface area contributed by atoms with Gasteiger partial charge in [0.25, 0.3) is 0 Å². The molecule has 3 aliphatic heterocycles. The summed E-state index contributed by atoms with van der Waals surface area (Å²) in [5.41, 5.74) is 3.76. The van der Waals surface area contributed by atoms with E-state index in [1.54, 1.807) is 0 Å². The Hall–Kier alpha value is -3.48. The standard InChI is InChI=1S/C20H14N2O5/c23-19-14-8-12-11-3-1-2-4-13(11)21-17(12)18(22(14)20(24)27-19)10-5-6-15-16(7-10)26-9-25-15/h1-7,14,18,21H,8-9H2/t14-,18-/m1/s1. The molecule has 3 aromatic rings. The second kappa shape index (κ2) is 5.03. The largest absolute Gasteiger partial charge is 0.454 e. The highest BCUT2D eigenvalue weighted by molar-refractivity contribution is 5.98. The molecule has 7 heteroatoms. The Balaban J connectivity index is 1.60. The zero-order valence-corrected chi connectivity index (χ0v) is 14.1. The van der Waals surface area contributed by atoms with Gasteiger partial charge in [-0.05, 0) is 29.3 Å². The predicted octanol–water partition coefficient (Wildman–Crippen LogP) is 2.89. The van der Waals surface area contributed by atoms with Crippen molar-refractivity contribution in [3.63, 3.8) is 0 Å². The molecule has 1 fully saturated rings. The van der Waals surface area contributed by atoms with Crippen LogP contribution in [0.25, 0.3) is 10.9 Å². The zero-order valence-electron chi connectivity index (χ0n) is 14.1. The minimum absolute atomic E-state index is 0.175. The van der Waals surface area contributed by atoms with E-state index >= 15 is 0 Å². The second-order valence-electron chi connectivity index (χ2n) is 6.89. The smallest absolute Gasteiger partial charge is 0.419 e. The van der Waals surface area contributed by atoms with Crippen molar-refractivity contribution in [1.82, 2.24) is 9.88 Å². The maximum Gasteiger partial charge on any atom is 0.419 e. The number of fused-ring (bicyclic) bond motifs is 5. The molecule has 1 N–H and O–H groups in total. The second-order valence-corrected chi connectivity index (χ2v) is 6.89. The van der Waals surface area contributed by atoms with Crippen molar-refractivity contribution in [2.24, 2.45) is 0 Å². The van der Waals surface area contributed by atoms with Crippen LogP contribution in [-0.4, -0.2) is 34.8 Å². The number of aromatic amines is 1. The van der Waals surface area contributed by atoms with Crippen LogP contribution >= 0.6 is 0 Å². The lowest BCUT2D eigenvalue weighted by molar-refractivity contribution is -0.136. The predicted molar refractivity (Wildman–Crippen MR) is 93.5 cm³/mol. The van der Waals surface area contributed by atoms with Crippen molar-refractivity contribution >= 4 is 23.0 Å². The number of ether oxygens (including phenoxy) is 3. The van der Waals surface area contributed by atoms with Gasteiger partial charge < -0.3 is 19.2 Å². The van der Waals surface area contributed by atoms with Crippen LogP contribution in [0.5, 0.6) is 11.5 Å². The van der Waals surface area contributed by atoms with Crippen molar-refractivity contribution in [2.75, 3.05) is 6.79 Å². The van der Waals surface area contributed by atoms with Gasteiger partial charge in [-0.25, -0.2) is 9.59 Å². The monoisotopic (exact) mass is 362 g/mol. The Morgan fingerprint density at radius 2 is 1.89 bits per heavy atom. The van der Waals surface area contributed by atoms with E-state index in [2.05, 4.69) is 4.98 Å². The fourth-order valence-electron chi connectivity index (χ4n) is 4.33. The Kier molecular flexibility index (Phi) is 2.73. The van der Waals surface area contributed by atoms with Crippen LogP contribution in [0, 0.1) is 0 Å². The molecule has 1 amide bonds. The van der Waals surface area contributed by atoms with Crippen molar-refractivity contribution < 1.29 is 23.8 Å². The molecule has 1 saturated heterocycles. The highest BCUT2D eigenvalue weighted by atomic mass is 16.7. The van der Waals surface area contributed by atoms with Crippen LogP contribution in [0.15, 0.2) is 42.5 Å². The quantitative estimate of drug-likeness (QED) is 0.532. The number of para-hydroxylation sites is 1. The summed E-state index contributed by atoms with van der Waals surface area (Å²) < 4.78 is 15.8. The van der Waals surface area contributed by atoms with Crippen LogP contribution in [0.1, 0.15) is 22.9 Å². The number of hydrogen-bond donors (Lipinski definition) is 1. The van der Waals surface area contributed by atoms with Gasteiger partial charge >= 0.3 is 12.1 Å². The van der Waals surface area contributed by atoms with Crippen molar-refractivity contribution in [3.8, 4) is 11.5 Å². The minimum atomic E-state index is -0.625. The van der Waals surface area contributed by atoms with Gasteiger partial charge in [0, 0.05) is 23.0 Å². The van der Waals surface area contributed by atoms with Gasteiger partial charge in [-0.15, -0.1) is 0 Å². The normalized spacial score (nSPS) is 22.7. The van der Waals surface area contributed by atoms with Crippen molar-refractivity contribution in [2.45, 2.75) is 18.5 Å². The Bertz CT molecular complexity index is 1130. The Morgan fingerprint density at radius 1 is 1.04 bits per heavy atom. The van der Waals surface area contributed by atoms with E-state index in [4.69, 9.17) is 14.2 Å². The molecule has 1 aromatic heterocycles. The van der Waals surface area contributed by atoms with Crippen LogP contribution in [0.3, 0.4) is 0 Å². The van der Waals surface area contributed by atoms with Gasteiger partial charge in [-0.1, -0.05) is 24.3 Å². The number of amides is 1. The number of nitrogens with one attached hydrogen (secondary N) is 1. The SMILES string of the molecule is O=C1OC(=O)N2[C@H](c3ccc4c(c3)OCO4)c3[nH]c4ccccc4c3C[C@H]12. The highest BCUT2D eigenvalue weighted by Gasteiger charge is 2.50. The van der Waals surface area contributed by atoms with Crippen LogP contribution in [0.2, 0.25) is 0 Å². The highest BCUT2D eigenvalue weighted by Crippen LogP contribution is 2.45. The first-order valence-corrected chi connectivity index (χ1v) is 8.74. The summed E-state index contributed by atoms with van der Waals surface area (Å²) in [6, 6.07) is 12.4. The van der Waals surface area contributed by atoms with E-state index in [9.17, 15) is 9.59 Å². The van der Waals surface area contributed by atoms with E-state index in [0.29, 0.717) is 17.9 Å². The first-order chi connectivity index (χ1) is 13.2. The number of benzene rings is 2. The number of cyclic esters (lactones) is 2. The molecular formula is C20H14N2O5. The molecule has 0 spiro atoms. The third-order valence-corrected chi connectivity index (χ3v) is 5.51. The van der Waals surface area contributed by atoms with Crippen molar-refractivity contribution in [3.05, 3.63) is 59.3 Å². The number of esters is 1. The topological polar surface area (TPSA) is 80.9 Å². The van der Waals surface area contributed by atoms with Crippen molar-refractivity contribution in [1.29, 1.82) is 0 Å². The summed E-state index contributed by atoms with van der Waals surface area (Å²) >= 11 is 0. The molecule has 3 aliphatic rings. The maximum atomic E-state index is 12.5. The number of aromatic nitrogens is 1. The van der Waals surface area contributed by atoms with E-state index in [0.717, 1.165) is 27.7 Å². The van der Waals surface area contributed by atoms with Crippen LogP contribution in [0.4, 0.5) is 4.79 Å². The molecule has 2 atom stereocenters. The zero-order chi connectivity index (χ0) is 18.1. The third kappa shape index (κ3) is 1.91. The molecule has 4 heterocycles. The average Bonchev–Trinajstić information content (AvgIpc) is 3.36. The lowest BCUT2D eigenvalue weighted by atomic mass is 9.89. The van der Waals surface area contributed by atoms with Crippen LogP contribution in [-0.2, 0) is 16.0 Å². The van der Waals surface area contributed by atoms with Gasteiger partial charge in [0.05, 0.1) is 0 Å². The maximum absolute atomic E-state index is 12.5. The van der Waals surface area contributed by atoms with Gasteiger partial charge in [-0.3, -0.25) is 4.90 Å². The third-order valence-electron chi connectivity index (χ3n) is 5.51. The number of carbonyl (C=O) groups is 2. The molecule has 7 nitrogen and oxygen atoms in total. The van der Waals surface area contributed by atoms with Crippen LogP contribution < -0.4 is 9.47 Å². The summed E-state index contributed by atoms with van der Waals surface area (Å²) in [4.78, 5) is 29.8. The number of nitrogens with zero attached hydrogens (tertiary/aromatic N) is 1. The molecule has 0 unspecified atom stereocenters. The molecule has 0 bridgehead atoms. The minimum Gasteiger partial charge on any atom is -0.454 e. The summed E-state index contributed by atoms with van der Waals surface area (Å²) in [5.74, 6) is 0.802. The molecule has 0 radical (unpaired) electrons. The Morgan fingerprint density at radius 3 is 2.81 bits per heavy atom. The fraction of sp³-hybridized carbons (Fsp3) is 0.200. The number of rotatable bonds is 1. The number of carbonyl (C=O) groups excluding carboxylic acids is 2. The van der Waals surface area contributed by atoms with E-state index in [-0.39, 0.29) is 6.79 Å². The number of H-pyrrole nitrogens is 1. The fourth-order valence-corrected chi connectivity index (χ4v) is 4.33. The molecular weight excluding hydrogens is 348 g/mol. The van der Waals surface area contributed by atoms with Gasteiger partial charge in [0.15, 0.2) is 11.5 Å². The lowest BCUT2D eigenvalue weighted by Crippen LogP contribution is -2.44. The summed E-state index contributed by atoms with van der Waals surface area (Å²) in [7, 11) is 0. The molecule has 134 valence electrons. The first kappa shape index (κ1) is 14.7. The molecule has 0 saturated carbocycles. The van der Waals surface area contributed by atoms with E-state index in [1.165, 1.54) is 4.90 Å². The summed E-state index contributed by atoms with van der Waals surface area (Å²) in [6.07, 6.45) is -0.178.